The van der Waals surface area contributed by atoms with Crippen LogP contribution in [0, 0.1) is 5.82 Å². The summed E-state index contributed by atoms with van der Waals surface area (Å²) in [6.07, 6.45) is 1.80. The Morgan fingerprint density at radius 1 is 1.42 bits per heavy atom. The summed E-state index contributed by atoms with van der Waals surface area (Å²) < 4.78 is 18.1. The lowest BCUT2D eigenvalue weighted by molar-refractivity contribution is 0.289. The fourth-order valence-electron chi connectivity index (χ4n) is 1.47. The molecule has 0 fully saturated rings. The second-order valence-corrected chi connectivity index (χ2v) is 2.94. The molecule has 2 rings (SSSR count). The van der Waals surface area contributed by atoms with Gasteiger partial charge >= 0.3 is 0 Å². The Hall–Kier alpha value is -1.25. The Morgan fingerprint density at radius 2 is 2.25 bits per heavy atom. The molecular formula is C9H10FNO. The predicted molar refractivity (Wildman–Crippen MR) is 44.6 cm³/mol. The normalized spacial score (nSPS) is 15.1. The van der Waals surface area contributed by atoms with Crippen LogP contribution in [0.4, 0.5) is 10.1 Å². The molecule has 0 saturated carbocycles. The van der Waals surface area contributed by atoms with Gasteiger partial charge in [-0.2, -0.15) is 0 Å². The van der Waals surface area contributed by atoms with E-state index in [4.69, 9.17) is 10.5 Å². The highest BCUT2D eigenvalue weighted by Gasteiger charge is 2.14. The topological polar surface area (TPSA) is 35.2 Å². The Morgan fingerprint density at radius 3 is 3.08 bits per heavy atom. The first-order chi connectivity index (χ1) is 5.77. The summed E-state index contributed by atoms with van der Waals surface area (Å²) in [6, 6.07) is 2.79. The van der Waals surface area contributed by atoms with Gasteiger partial charge in [0.2, 0.25) is 0 Å². The number of benzene rings is 1. The van der Waals surface area contributed by atoms with E-state index in [1.165, 1.54) is 12.1 Å². The first-order valence-corrected chi connectivity index (χ1v) is 3.98. The van der Waals surface area contributed by atoms with E-state index in [0.29, 0.717) is 18.0 Å². The standard InChI is InChI=1S/C9H10FNO/c10-7-4-6-2-1-3-12-9(6)8(11)5-7/h4-5H,1-3,11H2. The predicted octanol–water partition coefficient (Wildman–Crippen LogP) is 1.73. The molecule has 2 N–H and O–H groups in total. The number of aryl methyl sites for hydroxylation is 1. The van der Waals surface area contributed by atoms with Crippen LogP contribution < -0.4 is 10.5 Å². The van der Waals surface area contributed by atoms with Gasteiger partial charge in [-0.1, -0.05) is 0 Å². The number of nitrogen functional groups attached to an aromatic ring is 1. The van der Waals surface area contributed by atoms with Crippen LogP contribution in [0.2, 0.25) is 0 Å². The summed E-state index contributed by atoms with van der Waals surface area (Å²) in [5.41, 5.74) is 6.87. The van der Waals surface area contributed by atoms with Crippen molar-refractivity contribution < 1.29 is 9.13 Å². The van der Waals surface area contributed by atoms with Gasteiger partial charge < -0.3 is 10.5 Å². The van der Waals surface area contributed by atoms with Crippen LogP contribution >= 0.6 is 0 Å². The van der Waals surface area contributed by atoms with Crippen LogP contribution in [0.3, 0.4) is 0 Å². The summed E-state index contributed by atoms with van der Waals surface area (Å²) in [5, 5.41) is 0. The van der Waals surface area contributed by atoms with Gasteiger partial charge in [-0.3, -0.25) is 0 Å². The maximum absolute atomic E-state index is 12.8. The van der Waals surface area contributed by atoms with Gasteiger partial charge in [0.15, 0.2) is 0 Å². The lowest BCUT2D eigenvalue weighted by Crippen LogP contribution is -2.10. The van der Waals surface area contributed by atoms with Crippen molar-refractivity contribution in [2.75, 3.05) is 12.3 Å². The van der Waals surface area contributed by atoms with Gasteiger partial charge in [-0.05, 0) is 24.5 Å². The number of fused-ring (bicyclic) bond motifs is 1. The van der Waals surface area contributed by atoms with Gasteiger partial charge in [0.1, 0.15) is 11.6 Å². The molecule has 0 amide bonds. The van der Waals surface area contributed by atoms with Crippen molar-refractivity contribution >= 4 is 5.69 Å². The highest BCUT2D eigenvalue weighted by Crippen LogP contribution is 2.31. The molecule has 1 aromatic rings. The molecule has 3 heteroatoms. The summed E-state index contributed by atoms with van der Waals surface area (Å²) in [6.45, 7) is 0.683. The molecule has 0 radical (unpaired) electrons. The van der Waals surface area contributed by atoms with Crippen molar-refractivity contribution in [3.8, 4) is 5.75 Å². The largest absolute Gasteiger partial charge is 0.491 e. The van der Waals surface area contributed by atoms with Gasteiger partial charge in [0.25, 0.3) is 0 Å². The van der Waals surface area contributed by atoms with Crippen LogP contribution in [0.25, 0.3) is 0 Å². The zero-order chi connectivity index (χ0) is 8.55. The zero-order valence-corrected chi connectivity index (χ0v) is 6.64. The monoisotopic (exact) mass is 167 g/mol. The number of halogens is 1. The third-order valence-corrected chi connectivity index (χ3v) is 2.00. The van der Waals surface area contributed by atoms with Crippen molar-refractivity contribution in [3.05, 3.63) is 23.5 Å². The van der Waals surface area contributed by atoms with Crippen molar-refractivity contribution in [3.63, 3.8) is 0 Å². The second-order valence-electron chi connectivity index (χ2n) is 2.94. The van der Waals surface area contributed by atoms with Gasteiger partial charge in [0.05, 0.1) is 12.3 Å². The lowest BCUT2D eigenvalue weighted by Gasteiger charge is -2.18. The van der Waals surface area contributed by atoms with E-state index in [2.05, 4.69) is 0 Å². The molecule has 0 unspecified atom stereocenters. The highest BCUT2D eigenvalue weighted by atomic mass is 19.1. The number of ether oxygens (including phenoxy) is 1. The molecule has 64 valence electrons. The smallest absolute Gasteiger partial charge is 0.145 e. The van der Waals surface area contributed by atoms with Gasteiger partial charge in [-0.15, -0.1) is 0 Å². The molecule has 1 aromatic carbocycles. The van der Waals surface area contributed by atoms with Crippen LogP contribution in [0.5, 0.6) is 5.75 Å². The molecule has 2 nitrogen and oxygen atoms in total. The Bertz CT molecular complexity index is 312. The highest BCUT2D eigenvalue weighted by molar-refractivity contribution is 5.57. The number of hydrogen-bond acceptors (Lipinski definition) is 2. The van der Waals surface area contributed by atoms with Crippen LogP contribution in [-0.2, 0) is 6.42 Å². The van der Waals surface area contributed by atoms with Crippen molar-refractivity contribution in [1.82, 2.24) is 0 Å². The fraction of sp³-hybridized carbons (Fsp3) is 0.333. The minimum atomic E-state index is -0.281. The van der Waals surface area contributed by atoms with E-state index in [-0.39, 0.29) is 5.82 Å². The number of hydrogen-bond donors (Lipinski definition) is 1. The fourth-order valence-corrected chi connectivity index (χ4v) is 1.47. The van der Waals surface area contributed by atoms with E-state index in [1.54, 1.807) is 0 Å². The summed E-state index contributed by atoms with van der Waals surface area (Å²) in [5.74, 6) is 0.388. The lowest BCUT2D eigenvalue weighted by atomic mass is 10.1. The molecule has 0 saturated heterocycles. The zero-order valence-electron chi connectivity index (χ0n) is 6.64. The number of anilines is 1. The maximum Gasteiger partial charge on any atom is 0.145 e. The molecule has 1 heterocycles. The first-order valence-electron chi connectivity index (χ1n) is 3.98. The van der Waals surface area contributed by atoms with E-state index < -0.39 is 0 Å². The van der Waals surface area contributed by atoms with Crippen LogP contribution in [-0.4, -0.2) is 6.61 Å². The molecule has 0 aromatic heterocycles. The minimum absolute atomic E-state index is 0.281. The average Bonchev–Trinajstić information content (AvgIpc) is 2.04. The molecule has 0 atom stereocenters. The minimum Gasteiger partial charge on any atom is -0.491 e. The van der Waals surface area contributed by atoms with Crippen LogP contribution in [0.1, 0.15) is 12.0 Å². The SMILES string of the molecule is Nc1cc(F)cc2c1OCCC2. The third kappa shape index (κ3) is 1.11. The van der Waals surface area contributed by atoms with Crippen molar-refractivity contribution in [2.24, 2.45) is 0 Å². The molecule has 1 aliphatic heterocycles. The Balaban J connectivity index is 2.53. The van der Waals surface area contributed by atoms with Crippen LogP contribution in [0.15, 0.2) is 12.1 Å². The second kappa shape index (κ2) is 2.66. The third-order valence-electron chi connectivity index (χ3n) is 2.00. The maximum atomic E-state index is 12.8. The number of rotatable bonds is 0. The molecule has 0 aliphatic carbocycles. The average molecular weight is 167 g/mol. The molecule has 1 aliphatic rings. The van der Waals surface area contributed by atoms with Crippen molar-refractivity contribution in [1.29, 1.82) is 0 Å². The van der Waals surface area contributed by atoms with Crippen molar-refractivity contribution in [2.45, 2.75) is 12.8 Å². The quantitative estimate of drug-likeness (QED) is 0.597. The van der Waals surface area contributed by atoms with Gasteiger partial charge in [-0.25, -0.2) is 4.39 Å². The van der Waals surface area contributed by atoms with E-state index in [0.717, 1.165) is 18.4 Å². The molecular weight excluding hydrogens is 157 g/mol. The molecule has 0 bridgehead atoms. The first kappa shape index (κ1) is 7.40. The molecule has 0 spiro atoms. The summed E-state index contributed by atoms with van der Waals surface area (Å²) in [4.78, 5) is 0. The van der Waals surface area contributed by atoms with Gasteiger partial charge in [0, 0.05) is 6.07 Å². The van der Waals surface area contributed by atoms with E-state index >= 15 is 0 Å². The van der Waals surface area contributed by atoms with E-state index in [1.807, 2.05) is 0 Å². The molecule has 12 heavy (non-hydrogen) atoms. The number of nitrogens with two attached hydrogens (primary N) is 1. The Kier molecular flexibility index (Phi) is 1.64. The Labute approximate surface area is 70.1 Å². The van der Waals surface area contributed by atoms with E-state index in [9.17, 15) is 4.39 Å². The summed E-state index contributed by atoms with van der Waals surface area (Å²) in [7, 11) is 0. The summed E-state index contributed by atoms with van der Waals surface area (Å²) >= 11 is 0.